The minimum Gasteiger partial charge on any atom is -0.351 e. The number of carbonyl (C=O) groups is 2. The molecular weight excluding hydrogens is 244 g/mol. The van der Waals surface area contributed by atoms with E-state index >= 15 is 0 Å². The van der Waals surface area contributed by atoms with Crippen molar-refractivity contribution < 1.29 is 9.59 Å². The number of amides is 2. The van der Waals surface area contributed by atoms with E-state index in [0.717, 1.165) is 5.69 Å². The summed E-state index contributed by atoms with van der Waals surface area (Å²) < 4.78 is 0. The highest BCUT2D eigenvalue weighted by Crippen LogP contribution is 2.08. The van der Waals surface area contributed by atoms with Gasteiger partial charge in [-0.1, -0.05) is 0 Å². The molecule has 2 amide bonds. The van der Waals surface area contributed by atoms with Gasteiger partial charge in [0, 0.05) is 24.2 Å². The Labute approximate surface area is 113 Å². The third kappa shape index (κ3) is 4.73. The highest BCUT2D eigenvalue weighted by atomic mass is 16.2. The van der Waals surface area contributed by atoms with Crippen molar-refractivity contribution in [1.82, 2.24) is 20.8 Å². The van der Waals surface area contributed by atoms with Crippen molar-refractivity contribution in [2.45, 2.75) is 46.6 Å². The SMILES string of the molecule is Cc1n[nH]c(C)c1C(=O)NCCC(=O)NC(C)(C)C. The topological polar surface area (TPSA) is 86.9 Å². The van der Waals surface area contributed by atoms with E-state index in [-0.39, 0.29) is 23.8 Å². The minimum atomic E-state index is -0.251. The summed E-state index contributed by atoms with van der Waals surface area (Å²) in [5.74, 6) is -0.277. The fraction of sp³-hybridized carbons (Fsp3) is 0.615. The number of nitrogens with one attached hydrogen (secondary N) is 3. The Bertz CT molecular complexity index is 452. The van der Waals surface area contributed by atoms with Crippen LogP contribution in [0.15, 0.2) is 0 Å². The van der Waals surface area contributed by atoms with Crippen LogP contribution < -0.4 is 10.6 Å². The molecule has 6 nitrogen and oxygen atoms in total. The fourth-order valence-electron chi connectivity index (χ4n) is 1.74. The lowest BCUT2D eigenvalue weighted by Gasteiger charge is -2.20. The van der Waals surface area contributed by atoms with E-state index in [4.69, 9.17) is 0 Å². The van der Waals surface area contributed by atoms with Gasteiger partial charge in [-0.3, -0.25) is 14.7 Å². The summed E-state index contributed by atoms with van der Waals surface area (Å²) in [5.41, 5.74) is 1.69. The monoisotopic (exact) mass is 266 g/mol. The van der Waals surface area contributed by atoms with E-state index in [2.05, 4.69) is 20.8 Å². The largest absolute Gasteiger partial charge is 0.351 e. The summed E-state index contributed by atoms with van der Waals surface area (Å²) in [6, 6.07) is 0. The molecule has 0 aliphatic carbocycles. The molecule has 106 valence electrons. The quantitative estimate of drug-likeness (QED) is 0.761. The van der Waals surface area contributed by atoms with Crippen molar-refractivity contribution in [3.8, 4) is 0 Å². The zero-order valence-corrected chi connectivity index (χ0v) is 12.2. The van der Waals surface area contributed by atoms with Crippen molar-refractivity contribution in [1.29, 1.82) is 0 Å². The van der Waals surface area contributed by atoms with Gasteiger partial charge in [0.15, 0.2) is 0 Å². The Kier molecular flexibility index (Phi) is 4.69. The van der Waals surface area contributed by atoms with Gasteiger partial charge in [-0.15, -0.1) is 0 Å². The molecule has 1 heterocycles. The van der Waals surface area contributed by atoms with Crippen LogP contribution in [-0.2, 0) is 4.79 Å². The number of carbonyl (C=O) groups excluding carboxylic acids is 2. The second kappa shape index (κ2) is 5.86. The smallest absolute Gasteiger partial charge is 0.255 e. The Morgan fingerprint density at radius 1 is 1.26 bits per heavy atom. The summed E-state index contributed by atoms with van der Waals surface area (Å²) in [5, 5.41) is 12.3. The van der Waals surface area contributed by atoms with Crippen LogP contribution in [0.25, 0.3) is 0 Å². The minimum absolute atomic E-state index is 0.0755. The van der Waals surface area contributed by atoms with Crippen LogP contribution in [0.1, 0.15) is 48.9 Å². The van der Waals surface area contributed by atoms with Crippen molar-refractivity contribution in [3.05, 3.63) is 17.0 Å². The first kappa shape index (κ1) is 15.2. The number of aryl methyl sites for hydroxylation is 2. The molecule has 0 atom stereocenters. The number of aromatic nitrogens is 2. The summed E-state index contributed by atoms with van der Waals surface area (Å²) in [6.45, 7) is 9.63. The molecule has 1 aromatic heterocycles. The standard InChI is InChI=1S/C13H22N4O2/c1-8-11(9(2)17-16-8)12(19)14-7-6-10(18)15-13(3,4)5/h6-7H2,1-5H3,(H,14,19)(H,15,18)(H,16,17). The van der Waals surface area contributed by atoms with E-state index < -0.39 is 0 Å². The maximum atomic E-state index is 11.9. The molecule has 19 heavy (non-hydrogen) atoms. The second-order valence-corrected chi connectivity index (χ2v) is 5.61. The third-order valence-corrected chi connectivity index (χ3v) is 2.51. The molecule has 0 unspecified atom stereocenters. The first-order valence-electron chi connectivity index (χ1n) is 6.31. The third-order valence-electron chi connectivity index (χ3n) is 2.51. The van der Waals surface area contributed by atoms with E-state index in [9.17, 15) is 9.59 Å². The van der Waals surface area contributed by atoms with Gasteiger partial charge in [-0.25, -0.2) is 0 Å². The maximum absolute atomic E-state index is 11.9. The van der Waals surface area contributed by atoms with Crippen LogP contribution in [-0.4, -0.2) is 34.1 Å². The van der Waals surface area contributed by atoms with Gasteiger partial charge >= 0.3 is 0 Å². The molecule has 0 saturated carbocycles. The molecule has 0 aliphatic heterocycles. The molecule has 0 aliphatic rings. The van der Waals surface area contributed by atoms with Crippen molar-refractivity contribution >= 4 is 11.8 Å². The van der Waals surface area contributed by atoms with Gasteiger partial charge in [0.25, 0.3) is 5.91 Å². The molecule has 0 spiro atoms. The maximum Gasteiger partial charge on any atom is 0.255 e. The van der Waals surface area contributed by atoms with Crippen LogP contribution in [0, 0.1) is 13.8 Å². The summed E-state index contributed by atoms with van der Waals surface area (Å²) in [4.78, 5) is 23.5. The number of hydrogen-bond acceptors (Lipinski definition) is 3. The Morgan fingerprint density at radius 2 is 1.89 bits per heavy atom. The number of aromatic amines is 1. The van der Waals surface area contributed by atoms with E-state index in [1.807, 2.05) is 20.8 Å². The van der Waals surface area contributed by atoms with E-state index in [1.54, 1.807) is 13.8 Å². The molecule has 1 aromatic rings. The molecule has 1 rings (SSSR count). The molecule has 0 radical (unpaired) electrons. The lowest BCUT2D eigenvalue weighted by atomic mass is 10.1. The lowest BCUT2D eigenvalue weighted by Crippen LogP contribution is -2.42. The number of H-pyrrole nitrogens is 1. The van der Waals surface area contributed by atoms with Crippen molar-refractivity contribution in [2.75, 3.05) is 6.54 Å². The Balaban J connectivity index is 2.42. The fourth-order valence-corrected chi connectivity index (χ4v) is 1.74. The average Bonchev–Trinajstić information content (AvgIpc) is 2.55. The number of nitrogens with zero attached hydrogens (tertiary/aromatic N) is 1. The van der Waals surface area contributed by atoms with Gasteiger partial charge in [0.2, 0.25) is 5.91 Å². The first-order valence-corrected chi connectivity index (χ1v) is 6.31. The molecular formula is C13H22N4O2. The van der Waals surface area contributed by atoms with Gasteiger partial charge in [-0.2, -0.15) is 5.10 Å². The van der Waals surface area contributed by atoms with E-state index in [1.165, 1.54) is 0 Å². The van der Waals surface area contributed by atoms with Crippen LogP contribution in [0.5, 0.6) is 0 Å². The van der Waals surface area contributed by atoms with Gasteiger partial charge < -0.3 is 10.6 Å². The number of rotatable bonds is 4. The van der Waals surface area contributed by atoms with Crippen LogP contribution in [0.2, 0.25) is 0 Å². The number of hydrogen-bond donors (Lipinski definition) is 3. The van der Waals surface area contributed by atoms with E-state index in [0.29, 0.717) is 17.8 Å². The van der Waals surface area contributed by atoms with Crippen LogP contribution in [0.3, 0.4) is 0 Å². The van der Waals surface area contributed by atoms with Crippen LogP contribution in [0.4, 0.5) is 0 Å². The van der Waals surface area contributed by atoms with Gasteiger partial charge in [0.1, 0.15) is 0 Å². The molecule has 0 fully saturated rings. The van der Waals surface area contributed by atoms with Crippen molar-refractivity contribution in [2.24, 2.45) is 0 Å². The Morgan fingerprint density at radius 3 is 2.37 bits per heavy atom. The summed E-state index contributed by atoms with van der Waals surface area (Å²) in [6.07, 6.45) is 0.263. The molecule has 0 bridgehead atoms. The zero-order valence-electron chi connectivity index (χ0n) is 12.2. The zero-order chi connectivity index (χ0) is 14.6. The van der Waals surface area contributed by atoms with Gasteiger partial charge in [-0.05, 0) is 34.6 Å². The molecule has 6 heteroatoms. The molecule has 3 N–H and O–H groups in total. The summed E-state index contributed by atoms with van der Waals surface area (Å²) >= 11 is 0. The normalized spacial score (nSPS) is 11.2. The summed E-state index contributed by atoms with van der Waals surface area (Å²) in [7, 11) is 0. The Hall–Kier alpha value is -1.85. The molecule has 0 aromatic carbocycles. The first-order chi connectivity index (χ1) is 8.70. The predicted octanol–water partition coefficient (Wildman–Crippen LogP) is 1.06. The highest BCUT2D eigenvalue weighted by Gasteiger charge is 2.16. The predicted molar refractivity (Wildman–Crippen MR) is 72.9 cm³/mol. The van der Waals surface area contributed by atoms with Gasteiger partial charge in [0.05, 0.1) is 11.3 Å². The molecule has 0 saturated heterocycles. The highest BCUT2D eigenvalue weighted by molar-refractivity contribution is 5.96. The van der Waals surface area contributed by atoms with Crippen LogP contribution >= 0.6 is 0 Å². The lowest BCUT2D eigenvalue weighted by molar-refractivity contribution is -0.122. The second-order valence-electron chi connectivity index (χ2n) is 5.61. The van der Waals surface area contributed by atoms with Crippen molar-refractivity contribution in [3.63, 3.8) is 0 Å². The average molecular weight is 266 g/mol.